The van der Waals surface area contributed by atoms with Crippen LogP contribution in [0.15, 0.2) is 16.7 Å². The quantitative estimate of drug-likeness (QED) is 0.828. The zero-order valence-corrected chi connectivity index (χ0v) is 10.1. The van der Waals surface area contributed by atoms with E-state index in [-0.39, 0.29) is 0 Å². The maximum Gasteiger partial charge on any atom is 0.325 e. The lowest BCUT2D eigenvalue weighted by Crippen LogP contribution is -2.44. The molecule has 1 heterocycles. The van der Waals surface area contributed by atoms with E-state index >= 15 is 0 Å². The van der Waals surface area contributed by atoms with Crippen molar-refractivity contribution in [3.8, 4) is 0 Å². The first-order valence-electron chi connectivity index (χ1n) is 5.19. The fraction of sp³-hybridized carbons (Fsp3) is 0.455. The van der Waals surface area contributed by atoms with E-state index in [9.17, 15) is 9.59 Å². The van der Waals surface area contributed by atoms with E-state index in [1.807, 2.05) is 0 Å². The molecule has 2 N–H and O–H groups in total. The summed E-state index contributed by atoms with van der Waals surface area (Å²) in [4.78, 5) is 23.6. The van der Waals surface area contributed by atoms with Crippen LogP contribution in [-0.4, -0.2) is 35.1 Å². The number of aliphatic carboxylic acids is 1. The lowest BCUT2D eigenvalue weighted by molar-refractivity contribution is -0.138. The topological polar surface area (TPSA) is 82.8 Å². The molecular formula is C11H16N2O4. The summed E-state index contributed by atoms with van der Waals surface area (Å²) in [7, 11) is 1.59. The zero-order valence-electron chi connectivity index (χ0n) is 10.1. The minimum atomic E-state index is -1.06. The molecule has 0 fully saturated rings. The van der Waals surface area contributed by atoms with Crippen LogP contribution in [0.1, 0.15) is 18.2 Å². The molecular weight excluding hydrogens is 224 g/mol. The lowest BCUT2D eigenvalue weighted by Gasteiger charge is -2.19. The predicted octanol–water partition coefficient (Wildman–Crippen LogP) is 1.20. The molecule has 0 bridgehead atoms. The molecule has 0 saturated carbocycles. The number of rotatable bonds is 4. The van der Waals surface area contributed by atoms with Crippen molar-refractivity contribution in [2.45, 2.75) is 26.4 Å². The van der Waals surface area contributed by atoms with Crippen LogP contribution in [0.2, 0.25) is 0 Å². The van der Waals surface area contributed by atoms with Crippen LogP contribution >= 0.6 is 0 Å². The van der Waals surface area contributed by atoms with Gasteiger partial charge in [-0.1, -0.05) is 0 Å². The Morgan fingerprint density at radius 2 is 2.24 bits per heavy atom. The van der Waals surface area contributed by atoms with Crippen molar-refractivity contribution in [3.05, 3.63) is 23.7 Å². The standard InChI is InChI=1S/C11H16N2O4/c1-7(10(14)15)12-11(16)13(3)6-9-4-5-17-8(9)2/h4-5,7H,6H2,1-3H3,(H,12,16)(H,14,15)/t7-/m1/s1. The summed E-state index contributed by atoms with van der Waals surface area (Å²) in [5.41, 5.74) is 0.894. The molecule has 0 aliphatic heterocycles. The number of aryl methyl sites for hydroxylation is 1. The van der Waals surface area contributed by atoms with Gasteiger partial charge in [0.05, 0.1) is 12.8 Å². The summed E-state index contributed by atoms with van der Waals surface area (Å²) in [5.74, 6) is -0.317. The highest BCUT2D eigenvalue weighted by Crippen LogP contribution is 2.10. The van der Waals surface area contributed by atoms with Gasteiger partial charge in [-0.2, -0.15) is 0 Å². The molecule has 0 unspecified atom stereocenters. The number of hydrogen-bond donors (Lipinski definition) is 2. The Kier molecular flexibility index (Phi) is 4.14. The molecule has 94 valence electrons. The number of amides is 2. The fourth-order valence-corrected chi connectivity index (χ4v) is 1.26. The first-order valence-corrected chi connectivity index (χ1v) is 5.19. The third kappa shape index (κ3) is 3.51. The second-order valence-electron chi connectivity index (χ2n) is 3.87. The van der Waals surface area contributed by atoms with Gasteiger partial charge < -0.3 is 19.7 Å². The number of carboxylic acids is 1. The van der Waals surface area contributed by atoms with Crippen molar-refractivity contribution in [2.24, 2.45) is 0 Å². The number of nitrogens with zero attached hydrogens (tertiary/aromatic N) is 1. The van der Waals surface area contributed by atoms with Crippen molar-refractivity contribution in [3.63, 3.8) is 0 Å². The largest absolute Gasteiger partial charge is 0.480 e. The molecule has 0 saturated heterocycles. The number of carbonyl (C=O) groups is 2. The molecule has 17 heavy (non-hydrogen) atoms. The smallest absolute Gasteiger partial charge is 0.325 e. The number of carboxylic acid groups (broad SMARTS) is 1. The first kappa shape index (κ1) is 13.1. The average Bonchev–Trinajstić information content (AvgIpc) is 2.64. The summed E-state index contributed by atoms with van der Waals surface area (Å²) in [6.45, 7) is 3.60. The highest BCUT2D eigenvalue weighted by Gasteiger charge is 2.17. The molecule has 1 aromatic heterocycles. The Bertz CT molecular complexity index is 413. The highest BCUT2D eigenvalue weighted by molar-refractivity contribution is 5.82. The lowest BCUT2D eigenvalue weighted by atomic mass is 10.2. The van der Waals surface area contributed by atoms with Crippen LogP contribution in [0.5, 0.6) is 0 Å². The van der Waals surface area contributed by atoms with Gasteiger partial charge in [-0.05, 0) is 19.9 Å². The van der Waals surface area contributed by atoms with E-state index in [1.165, 1.54) is 11.8 Å². The van der Waals surface area contributed by atoms with Crippen molar-refractivity contribution < 1.29 is 19.1 Å². The number of hydrogen-bond acceptors (Lipinski definition) is 3. The van der Waals surface area contributed by atoms with Gasteiger partial charge >= 0.3 is 12.0 Å². The number of nitrogens with one attached hydrogen (secondary N) is 1. The summed E-state index contributed by atoms with van der Waals surface area (Å²) < 4.78 is 5.11. The number of furan rings is 1. The maximum absolute atomic E-state index is 11.6. The van der Waals surface area contributed by atoms with Gasteiger partial charge in [0.1, 0.15) is 11.8 Å². The third-order valence-corrected chi connectivity index (χ3v) is 2.43. The Hall–Kier alpha value is -1.98. The molecule has 1 rings (SSSR count). The summed E-state index contributed by atoms with van der Waals surface area (Å²) in [6, 6.07) is 0.440. The Labute approximate surface area is 99.2 Å². The van der Waals surface area contributed by atoms with Crippen LogP contribution in [0.3, 0.4) is 0 Å². The molecule has 0 aliphatic carbocycles. The van der Waals surface area contributed by atoms with E-state index in [2.05, 4.69) is 5.32 Å². The van der Waals surface area contributed by atoms with Crippen molar-refractivity contribution in [1.82, 2.24) is 10.2 Å². The molecule has 0 aromatic carbocycles. The minimum absolute atomic E-state index is 0.376. The third-order valence-electron chi connectivity index (χ3n) is 2.43. The maximum atomic E-state index is 11.6. The van der Waals surface area contributed by atoms with Crippen molar-refractivity contribution in [2.75, 3.05) is 7.05 Å². The van der Waals surface area contributed by atoms with Crippen molar-refractivity contribution in [1.29, 1.82) is 0 Å². The van der Waals surface area contributed by atoms with Gasteiger partial charge in [0.15, 0.2) is 0 Å². The second-order valence-corrected chi connectivity index (χ2v) is 3.87. The summed E-state index contributed by atoms with van der Waals surface area (Å²) >= 11 is 0. The van der Waals surface area contributed by atoms with E-state index in [1.54, 1.807) is 26.3 Å². The Balaban J connectivity index is 2.53. The Morgan fingerprint density at radius 1 is 1.59 bits per heavy atom. The van der Waals surface area contributed by atoms with Crippen LogP contribution in [0.25, 0.3) is 0 Å². The van der Waals surface area contributed by atoms with E-state index < -0.39 is 18.0 Å². The van der Waals surface area contributed by atoms with Crippen LogP contribution in [0.4, 0.5) is 4.79 Å². The highest BCUT2D eigenvalue weighted by atomic mass is 16.4. The van der Waals surface area contributed by atoms with Crippen LogP contribution in [-0.2, 0) is 11.3 Å². The van der Waals surface area contributed by atoms with Gasteiger partial charge in [0.25, 0.3) is 0 Å². The predicted molar refractivity (Wildman–Crippen MR) is 60.5 cm³/mol. The fourth-order valence-electron chi connectivity index (χ4n) is 1.26. The van der Waals surface area contributed by atoms with Gasteiger partial charge in [-0.25, -0.2) is 4.79 Å². The normalized spacial score (nSPS) is 11.9. The first-order chi connectivity index (χ1) is 7.91. The zero-order chi connectivity index (χ0) is 13.0. The minimum Gasteiger partial charge on any atom is -0.480 e. The summed E-state index contributed by atoms with van der Waals surface area (Å²) in [5, 5.41) is 11.0. The van der Waals surface area contributed by atoms with Crippen LogP contribution in [0, 0.1) is 6.92 Å². The molecule has 6 nitrogen and oxygen atoms in total. The monoisotopic (exact) mass is 240 g/mol. The molecule has 1 aromatic rings. The van der Waals surface area contributed by atoms with E-state index in [4.69, 9.17) is 9.52 Å². The number of carbonyl (C=O) groups excluding carboxylic acids is 1. The van der Waals surface area contributed by atoms with Gasteiger partial charge in [0, 0.05) is 12.6 Å². The average molecular weight is 240 g/mol. The summed E-state index contributed by atoms with van der Waals surface area (Å²) in [6.07, 6.45) is 1.55. The van der Waals surface area contributed by atoms with Crippen LogP contribution < -0.4 is 5.32 Å². The molecule has 0 radical (unpaired) electrons. The molecule has 1 atom stereocenters. The van der Waals surface area contributed by atoms with Gasteiger partial charge in [-0.3, -0.25) is 4.79 Å². The van der Waals surface area contributed by atoms with E-state index in [0.717, 1.165) is 11.3 Å². The van der Waals surface area contributed by atoms with Crippen molar-refractivity contribution >= 4 is 12.0 Å². The molecule has 0 spiro atoms. The Morgan fingerprint density at radius 3 is 2.71 bits per heavy atom. The van der Waals surface area contributed by atoms with Gasteiger partial charge in [0.2, 0.25) is 0 Å². The second kappa shape index (κ2) is 5.38. The molecule has 6 heteroatoms. The molecule has 2 amide bonds. The SMILES string of the molecule is Cc1occc1CN(C)C(=O)N[C@H](C)C(=O)O. The van der Waals surface area contributed by atoms with Gasteiger partial charge in [-0.15, -0.1) is 0 Å². The van der Waals surface area contributed by atoms with E-state index in [0.29, 0.717) is 6.54 Å². The number of urea groups is 1. The molecule has 0 aliphatic rings.